The highest BCUT2D eigenvalue weighted by Crippen LogP contribution is 2.37. The fourth-order valence-electron chi connectivity index (χ4n) is 5.34. The largest absolute Gasteiger partial charge is 0.356 e. The summed E-state index contributed by atoms with van der Waals surface area (Å²) < 4.78 is 23.6. The molecule has 1 saturated heterocycles. The zero-order valence-corrected chi connectivity index (χ0v) is 21.4. The summed E-state index contributed by atoms with van der Waals surface area (Å²) in [5, 5.41) is 5.34. The van der Waals surface area contributed by atoms with E-state index in [9.17, 15) is 8.42 Å². The van der Waals surface area contributed by atoms with Gasteiger partial charge >= 0.3 is 0 Å². The molecule has 2 aromatic carbocycles. The van der Waals surface area contributed by atoms with E-state index in [1.165, 1.54) is 6.07 Å². The van der Waals surface area contributed by atoms with Gasteiger partial charge in [0, 0.05) is 42.2 Å². The Labute approximate surface area is 216 Å². The molecule has 0 spiro atoms. The number of primary sulfonamides is 1. The van der Waals surface area contributed by atoms with Crippen LogP contribution in [0.4, 0.5) is 5.82 Å². The number of nitrogens with one attached hydrogen (secondary N) is 1. The van der Waals surface area contributed by atoms with E-state index in [1.807, 2.05) is 24.3 Å². The molecule has 6 rings (SSSR count). The molecule has 2 aliphatic rings. The van der Waals surface area contributed by atoms with Crippen molar-refractivity contribution in [1.82, 2.24) is 19.9 Å². The molecule has 0 saturated carbocycles. The van der Waals surface area contributed by atoms with E-state index >= 15 is 0 Å². The Morgan fingerprint density at radius 3 is 2.51 bits per heavy atom. The molecule has 188 valence electrons. The average molecular weight is 513 g/mol. The summed E-state index contributed by atoms with van der Waals surface area (Å²) in [6.45, 7) is 3.83. The highest BCUT2D eigenvalue weighted by atomic mass is 32.2. The number of aryl methyl sites for hydroxylation is 1. The van der Waals surface area contributed by atoms with Crippen molar-refractivity contribution in [3.05, 3.63) is 89.3 Å². The van der Waals surface area contributed by atoms with Crippen LogP contribution in [0.25, 0.3) is 22.9 Å². The van der Waals surface area contributed by atoms with Gasteiger partial charge in [-0.2, -0.15) is 0 Å². The van der Waals surface area contributed by atoms with E-state index in [1.54, 1.807) is 18.5 Å². The Balaban J connectivity index is 1.21. The van der Waals surface area contributed by atoms with Gasteiger partial charge in [-0.3, -0.25) is 0 Å². The molecule has 3 N–H and O–H groups in total. The first-order valence-corrected chi connectivity index (χ1v) is 14.0. The summed E-state index contributed by atoms with van der Waals surface area (Å²) in [4.78, 5) is 20.1. The fraction of sp³-hybridized carbons (Fsp3) is 0.250. The molecule has 1 fully saturated rings. The van der Waals surface area contributed by atoms with Crippen molar-refractivity contribution in [2.45, 2.75) is 37.0 Å². The molecule has 37 heavy (non-hydrogen) atoms. The van der Waals surface area contributed by atoms with E-state index in [4.69, 9.17) is 10.1 Å². The minimum absolute atomic E-state index is 0.110. The van der Waals surface area contributed by atoms with Gasteiger partial charge in [-0.05, 0) is 49.1 Å². The number of aromatic nitrogens is 4. The van der Waals surface area contributed by atoms with Crippen molar-refractivity contribution in [2.75, 3.05) is 18.0 Å². The number of benzene rings is 2. The molecule has 2 aromatic heterocycles. The Bertz CT molecular complexity index is 1600. The second-order valence-corrected chi connectivity index (χ2v) is 11.3. The number of allylic oxidation sites excluding steroid dienone is 1. The summed E-state index contributed by atoms with van der Waals surface area (Å²) in [5.41, 5.74) is 7.06. The van der Waals surface area contributed by atoms with Crippen molar-refractivity contribution in [3.63, 3.8) is 0 Å². The lowest BCUT2D eigenvalue weighted by Gasteiger charge is -2.32. The third-order valence-corrected chi connectivity index (χ3v) is 8.20. The van der Waals surface area contributed by atoms with Gasteiger partial charge in [0.1, 0.15) is 18.0 Å². The van der Waals surface area contributed by atoms with E-state index < -0.39 is 10.0 Å². The lowest BCUT2D eigenvalue weighted by Crippen LogP contribution is -2.34. The number of H-pyrrole nitrogens is 1. The number of nitrogens with zero attached hydrogens (tertiary/aromatic N) is 4. The SMILES string of the molecule is Cc1[nH]c(C2CCN(c3ncnc4c3C=C(c3cccc(S(N)(=O)=O)c3)C4)CC2)nc1-c1ccccc1. The molecule has 0 unspecified atom stereocenters. The smallest absolute Gasteiger partial charge is 0.238 e. The predicted octanol–water partition coefficient (Wildman–Crippen LogP) is 4.30. The van der Waals surface area contributed by atoms with E-state index in [2.05, 4.69) is 45.0 Å². The van der Waals surface area contributed by atoms with Gasteiger partial charge in [-0.1, -0.05) is 42.5 Å². The van der Waals surface area contributed by atoms with Gasteiger partial charge < -0.3 is 9.88 Å². The molecule has 0 atom stereocenters. The first-order valence-electron chi connectivity index (χ1n) is 12.4. The quantitative estimate of drug-likeness (QED) is 0.412. The number of fused-ring (bicyclic) bond motifs is 1. The molecule has 3 heterocycles. The number of hydrogen-bond donors (Lipinski definition) is 2. The molecule has 9 heteroatoms. The van der Waals surface area contributed by atoms with E-state index in [-0.39, 0.29) is 4.90 Å². The first-order chi connectivity index (χ1) is 17.9. The van der Waals surface area contributed by atoms with E-state index in [0.29, 0.717) is 12.3 Å². The van der Waals surface area contributed by atoms with E-state index in [0.717, 1.165) is 76.9 Å². The van der Waals surface area contributed by atoms with Crippen LogP contribution in [0.1, 0.15) is 47.1 Å². The summed E-state index contributed by atoms with van der Waals surface area (Å²) in [6.07, 6.45) is 6.30. The standard InChI is InChI=1S/C28H28N6O2S/c1-18-26(19-6-3-2-4-7-19)33-27(32-18)20-10-12-34(13-11-20)28-24-15-22(16-25(24)30-17-31-28)21-8-5-9-23(14-21)37(29,35)36/h2-9,14-15,17,20H,10-13,16H2,1H3,(H,32,33)(H2,29,35,36). The van der Waals surface area contributed by atoms with Gasteiger partial charge in [-0.25, -0.2) is 28.5 Å². The zero-order valence-electron chi connectivity index (χ0n) is 20.6. The molecule has 4 aromatic rings. The minimum Gasteiger partial charge on any atom is -0.356 e. The maximum Gasteiger partial charge on any atom is 0.238 e. The first kappa shape index (κ1) is 23.6. The second-order valence-electron chi connectivity index (χ2n) is 9.70. The number of piperidine rings is 1. The third-order valence-electron chi connectivity index (χ3n) is 7.29. The van der Waals surface area contributed by atoms with Crippen LogP contribution in [0.5, 0.6) is 0 Å². The van der Waals surface area contributed by atoms with Crippen LogP contribution in [0.15, 0.2) is 65.8 Å². The van der Waals surface area contributed by atoms with Crippen LogP contribution in [-0.2, 0) is 16.4 Å². The van der Waals surface area contributed by atoms with Gasteiger partial charge in [0.05, 0.1) is 16.3 Å². The zero-order chi connectivity index (χ0) is 25.6. The van der Waals surface area contributed by atoms with Gasteiger partial charge in [-0.15, -0.1) is 0 Å². The maximum atomic E-state index is 11.8. The Hall–Kier alpha value is -3.82. The van der Waals surface area contributed by atoms with Gasteiger partial charge in [0.2, 0.25) is 10.0 Å². The Kier molecular flexibility index (Phi) is 5.89. The number of aromatic amines is 1. The molecule has 0 amide bonds. The number of imidazole rings is 1. The normalized spacial score (nSPS) is 16.1. The third kappa shape index (κ3) is 4.56. The lowest BCUT2D eigenvalue weighted by atomic mass is 9.96. The number of nitrogens with two attached hydrogens (primary N) is 1. The van der Waals surface area contributed by atoms with Crippen molar-refractivity contribution < 1.29 is 8.42 Å². The highest BCUT2D eigenvalue weighted by molar-refractivity contribution is 7.89. The molecule has 0 bridgehead atoms. The van der Waals surface area contributed by atoms with Crippen molar-refractivity contribution >= 4 is 27.5 Å². The molecule has 8 nitrogen and oxygen atoms in total. The van der Waals surface area contributed by atoms with Crippen molar-refractivity contribution in [3.8, 4) is 11.3 Å². The van der Waals surface area contributed by atoms with Gasteiger partial charge in [0.25, 0.3) is 0 Å². The molecule has 0 radical (unpaired) electrons. The minimum atomic E-state index is -3.76. The summed E-state index contributed by atoms with van der Waals surface area (Å²) in [5.74, 6) is 2.36. The number of rotatable bonds is 5. The summed E-state index contributed by atoms with van der Waals surface area (Å²) in [7, 11) is -3.76. The molecule has 1 aliphatic heterocycles. The maximum absolute atomic E-state index is 11.8. The number of sulfonamides is 1. The summed E-state index contributed by atoms with van der Waals surface area (Å²) >= 11 is 0. The topological polar surface area (TPSA) is 118 Å². The lowest BCUT2D eigenvalue weighted by molar-refractivity contribution is 0.486. The van der Waals surface area contributed by atoms with Crippen LogP contribution >= 0.6 is 0 Å². The Morgan fingerprint density at radius 1 is 1.00 bits per heavy atom. The van der Waals surface area contributed by atoms with Crippen LogP contribution in [0.3, 0.4) is 0 Å². The predicted molar refractivity (Wildman–Crippen MR) is 144 cm³/mol. The van der Waals surface area contributed by atoms with Crippen LogP contribution in [0.2, 0.25) is 0 Å². The molecule has 1 aliphatic carbocycles. The number of hydrogen-bond acceptors (Lipinski definition) is 6. The average Bonchev–Trinajstić information content (AvgIpc) is 3.53. The molecular formula is C28H28N6O2S. The Morgan fingerprint density at radius 2 is 1.76 bits per heavy atom. The van der Waals surface area contributed by atoms with Gasteiger partial charge in [0.15, 0.2) is 0 Å². The van der Waals surface area contributed by atoms with Crippen molar-refractivity contribution in [1.29, 1.82) is 0 Å². The summed E-state index contributed by atoms with van der Waals surface area (Å²) in [6, 6.07) is 17.1. The van der Waals surface area contributed by atoms with Crippen LogP contribution < -0.4 is 10.0 Å². The second kappa shape index (κ2) is 9.24. The highest BCUT2D eigenvalue weighted by Gasteiger charge is 2.28. The van der Waals surface area contributed by atoms with Crippen molar-refractivity contribution in [2.24, 2.45) is 5.14 Å². The molecular weight excluding hydrogens is 484 g/mol. The van der Waals surface area contributed by atoms with Crippen LogP contribution in [-0.4, -0.2) is 41.4 Å². The number of anilines is 1. The fourth-order valence-corrected chi connectivity index (χ4v) is 5.90. The van der Waals surface area contributed by atoms with Crippen LogP contribution in [0, 0.1) is 6.92 Å². The monoisotopic (exact) mass is 512 g/mol.